The van der Waals surface area contributed by atoms with Gasteiger partial charge in [-0.25, -0.2) is 19.9 Å². The van der Waals surface area contributed by atoms with E-state index in [0.717, 1.165) is 67.8 Å². The first-order valence-corrected chi connectivity index (χ1v) is 9.78. The van der Waals surface area contributed by atoms with Gasteiger partial charge in [-0.1, -0.05) is 0 Å². The van der Waals surface area contributed by atoms with Gasteiger partial charge < -0.3 is 10.2 Å². The zero-order chi connectivity index (χ0) is 18.1. The summed E-state index contributed by atoms with van der Waals surface area (Å²) in [6.07, 6.45) is 6.90. The van der Waals surface area contributed by atoms with Gasteiger partial charge in [0.25, 0.3) is 0 Å². The number of hydrogen-bond acceptors (Lipinski definition) is 6. The highest BCUT2D eigenvalue weighted by atomic mass is 15.2. The van der Waals surface area contributed by atoms with Crippen molar-refractivity contribution in [2.45, 2.75) is 65.3 Å². The molecule has 0 atom stereocenters. The van der Waals surface area contributed by atoms with E-state index >= 15 is 0 Å². The molecule has 0 radical (unpaired) electrons. The molecule has 6 heteroatoms. The summed E-state index contributed by atoms with van der Waals surface area (Å²) in [6, 6.07) is 2.56. The van der Waals surface area contributed by atoms with Crippen LogP contribution in [-0.2, 0) is 12.8 Å². The molecule has 1 aliphatic heterocycles. The summed E-state index contributed by atoms with van der Waals surface area (Å²) in [5, 5.41) is 3.73. The first kappa shape index (κ1) is 17.2. The number of aromatic nitrogens is 4. The van der Waals surface area contributed by atoms with Crippen LogP contribution in [0.3, 0.4) is 0 Å². The molecule has 2 aromatic heterocycles. The van der Waals surface area contributed by atoms with E-state index in [1.807, 2.05) is 20.8 Å². The van der Waals surface area contributed by atoms with Crippen LogP contribution in [0.15, 0.2) is 6.07 Å². The molecule has 0 bridgehead atoms. The van der Waals surface area contributed by atoms with Crippen molar-refractivity contribution >= 4 is 11.6 Å². The van der Waals surface area contributed by atoms with E-state index in [1.54, 1.807) is 0 Å². The number of rotatable bonds is 3. The monoisotopic (exact) mass is 352 g/mol. The molecule has 1 aliphatic carbocycles. The van der Waals surface area contributed by atoms with Crippen LogP contribution in [0.5, 0.6) is 0 Å². The van der Waals surface area contributed by atoms with Crippen LogP contribution >= 0.6 is 0 Å². The summed E-state index contributed by atoms with van der Waals surface area (Å²) in [6.45, 7) is 8.03. The molecule has 1 fully saturated rings. The summed E-state index contributed by atoms with van der Waals surface area (Å²) in [7, 11) is 0. The molecule has 1 N–H and O–H groups in total. The Hall–Kier alpha value is -2.24. The maximum atomic E-state index is 4.72. The summed E-state index contributed by atoms with van der Waals surface area (Å²) < 4.78 is 0. The maximum Gasteiger partial charge on any atom is 0.133 e. The Morgan fingerprint density at radius 3 is 2.42 bits per heavy atom. The Morgan fingerprint density at radius 2 is 1.65 bits per heavy atom. The molecule has 0 aromatic carbocycles. The predicted molar refractivity (Wildman–Crippen MR) is 104 cm³/mol. The standard InChI is InChI=1S/C20H28N6/c1-13-12-19(23-14(2)21-13)26-10-8-16(9-11-26)25-20-17-6-4-5-7-18(17)22-15(3)24-20/h12,16H,4-11H2,1-3H3,(H,22,24,25). The molecule has 26 heavy (non-hydrogen) atoms. The average Bonchev–Trinajstić information content (AvgIpc) is 2.61. The van der Waals surface area contributed by atoms with E-state index in [1.165, 1.54) is 24.1 Å². The molecule has 6 nitrogen and oxygen atoms in total. The van der Waals surface area contributed by atoms with Crippen molar-refractivity contribution in [2.24, 2.45) is 0 Å². The Labute approximate surface area is 155 Å². The minimum Gasteiger partial charge on any atom is -0.367 e. The van der Waals surface area contributed by atoms with E-state index in [4.69, 9.17) is 4.98 Å². The quantitative estimate of drug-likeness (QED) is 0.915. The fraction of sp³-hybridized carbons (Fsp3) is 0.600. The third kappa shape index (κ3) is 3.64. The van der Waals surface area contributed by atoms with Crippen LogP contribution < -0.4 is 10.2 Å². The normalized spacial score (nSPS) is 17.9. The van der Waals surface area contributed by atoms with E-state index in [9.17, 15) is 0 Å². The summed E-state index contributed by atoms with van der Waals surface area (Å²) in [4.78, 5) is 20.8. The van der Waals surface area contributed by atoms with Crippen molar-refractivity contribution in [3.8, 4) is 0 Å². The third-order valence-corrected chi connectivity index (χ3v) is 5.41. The highest BCUT2D eigenvalue weighted by Crippen LogP contribution is 2.27. The van der Waals surface area contributed by atoms with Gasteiger partial charge in [-0.05, 0) is 59.3 Å². The topological polar surface area (TPSA) is 66.8 Å². The number of nitrogens with one attached hydrogen (secondary N) is 1. The van der Waals surface area contributed by atoms with Crippen molar-refractivity contribution in [3.05, 3.63) is 34.7 Å². The second kappa shape index (κ2) is 7.17. The third-order valence-electron chi connectivity index (χ3n) is 5.41. The zero-order valence-corrected chi connectivity index (χ0v) is 16.0. The van der Waals surface area contributed by atoms with Crippen LogP contribution in [0, 0.1) is 20.8 Å². The molecule has 138 valence electrons. The van der Waals surface area contributed by atoms with Gasteiger partial charge >= 0.3 is 0 Å². The minimum absolute atomic E-state index is 0.468. The van der Waals surface area contributed by atoms with Gasteiger partial charge in [0.05, 0.1) is 0 Å². The first-order chi connectivity index (χ1) is 12.6. The lowest BCUT2D eigenvalue weighted by Crippen LogP contribution is -2.40. The average molecular weight is 352 g/mol. The highest BCUT2D eigenvalue weighted by Gasteiger charge is 2.23. The van der Waals surface area contributed by atoms with Gasteiger partial charge in [0, 0.05) is 42.1 Å². The van der Waals surface area contributed by atoms with Crippen molar-refractivity contribution in [2.75, 3.05) is 23.3 Å². The second-order valence-corrected chi connectivity index (χ2v) is 7.57. The van der Waals surface area contributed by atoms with Crippen molar-refractivity contribution in [3.63, 3.8) is 0 Å². The van der Waals surface area contributed by atoms with Crippen LogP contribution in [0.1, 0.15) is 54.3 Å². The highest BCUT2D eigenvalue weighted by molar-refractivity contribution is 5.49. The molecule has 2 aromatic rings. The number of piperidine rings is 1. The van der Waals surface area contributed by atoms with Gasteiger partial charge in [0.15, 0.2) is 0 Å². The Morgan fingerprint density at radius 1 is 0.923 bits per heavy atom. The van der Waals surface area contributed by atoms with E-state index in [2.05, 4.69) is 31.2 Å². The van der Waals surface area contributed by atoms with Crippen LogP contribution in [0.4, 0.5) is 11.6 Å². The lowest BCUT2D eigenvalue weighted by atomic mass is 9.95. The minimum atomic E-state index is 0.468. The largest absolute Gasteiger partial charge is 0.367 e. The lowest BCUT2D eigenvalue weighted by Gasteiger charge is -2.34. The SMILES string of the molecule is Cc1cc(N2CCC(Nc3nc(C)nc4c3CCCC4)CC2)nc(C)n1. The van der Waals surface area contributed by atoms with Gasteiger partial charge in [-0.15, -0.1) is 0 Å². The number of aryl methyl sites for hydroxylation is 4. The molecule has 0 amide bonds. The summed E-state index contributed by atoms with van der Waals surface area (Å²) in [5.74, 6) is 3.88. The molecular weight excluding hydrogens is 324 g/mol. The number of anilines is 2. The van der Waals surface area contributed by atoms with Crippen molar-refractivity contribution in [1.82, 2.24) is 19.9 Å². The molecule has 3 heterocycles. The van der Waals surface area contributed by atoms with E-state index in [-0.39, 0.29) is 0 Å². The van der Waals surface area contributed by atoms with Crippen molar-refractivity contribution in [1.29, 1.82) is 0 Å². The van der Waals surface area contributed by atoms with Gasteiger partial charge in [-0.2, -0.15) is 0 Å². The Balaban J connectivity index is 1.44. The Bertz CT molecular complexity index is 775. The predicted octanol–water partition coefficient (Wildman–Crippen LogP) is 3.15. The van der Waals surface area contributed by atoms with Crippen LogP contribution in [0.2, 0.25) is 0 Å². The molecular formula is C20H28N6. The summed E-state index contributed by atoms with van der Waals surface area (Å²) >= 11 is 0. The maximum absolute atomic E-state index is 4.72. The fourth-order valence-corrected chi connectivity index (χ4v) is 4.14. The van der Waals surface area contributed by atoms with Gasteiger partial charge in [-0.3, -0.25) is 0 Å². The lowest BCUT2D eigenvalue weighted by molar-refractivity contribution is 0.520. The number of fused-ring (bicyclic) bond motifs is 1. The van der Waals surface area contributed by atoms with Crippen LogP contribution in [-0.4, -0.2) is 39.1 Å². The molecule has 0 saturated carbocycles. The van der Waals surface area contributed by atoms with E-state index in [0.29, 0.717) is 6.04 Å². The molecule has 0 spiro atoms. The fourth-order valence-electron chi connectivity index (χ4n) is 4.14. The number of nitrogens with zero attached hydrogens (tertiary/aromatic N) is 5. The summed E-state index contributed by atoms with van der Waals surface area (Å²) in [5.41, 5.74) is 3.65. The van der Waals surface area contributed by atoms with Gasteiger partial charge in [0.1, 0.15) is 23.3 Å². The number of hydrogen-bond donors (Lipinski definition) is 1. The van der Waals surface area contributed by atoms with E-state index < -0.39 is 0 Å². The molecule has 4 rings (SSSR count). The Kier molecular flexibility index (Phi) is 4.74. The second-order valence-electron chi connectivity index (χ2n) is 7.57. The van der Waals surface area contributed by atoms with Crippen LogP contribution in [0.25, 0.3) is 0 Å². The van der Waals surface area contributed by atoms with Crippen molar-refractivity contribution < 1.29 is 0 Å². The smallest absolute Gasteiger partial charge is 0.133 e. The zero-order valence-electron chi connectivity index (χ0n) is 16.0. The molecule has 2 aliphatic rings. The van der Waals surface area contributed by atoms with Gasteiger partial charge in [0.2, 0.25) is 0 Å². The first-order valence-electron chi connectivity index (χ1n) is 9.78. The molecule has 1 saturated heterocycles. The molecule has 0 unspecified atom stereocenters.